The predicted molar refractivity (Wildman–Crippen MR) is 55.4 cm³/mol. The van der Waals surface area contributed by atoms with Gasteiger partial charge in [0.25, 0.3) is 0 Å². The highest BCUT2D eigenvalue weighted by Gasteiger charge is 2.35. The van der Waals surface area contributed by atoms with E-state index in [4.69, 9.17) is 10.8 Å². The molecule has 0 amide bonds. The molecule has 2 unspecified atom stereocenters. The first-order chi connectivity index (χ1) is 8.14. The number of hydrogen-bond donors (Lipinski definition) is 2. The van der Waals surface area contributed by atoms with Gasteiger partial charge in [0.2, 0.25) is 0 Å². The van der Waals surface area contributed by atoms with Crippen LogP contribution in [-0.4, -0.2) is 17.1 Å². The van der Waals surface area contributed by atoms with Crippen LogP contribution in [0.4, 0.5) is 17.6 Å². The van der Waals surface area contributed by atoms with Crippen LogP contribution in [0.3, 0.4) is 0 Å². The van der Waals surface area contributed by atoms with Crippen molar-refractivity contribution in [1.29, 1.82) is 0 Å². The third-order valence-corrected chi connectivity index (χ3v) is 2.65. The van der Waals surface area contributed by atoms with Crippen LogP contribution in [0.5, 0.6) is 0 Å². The molecule has 7 heteroatoms. The maximum absolute atomic E-state index is 13.0. The van der Waals surface area contributed by atoms with E-state index in [0.29, 0.717) is 12.1 Å². The summed E-state index contributed by atoms with van der Waals surface area (Å²) in [6, 6.07) is 0.987. The molecule has 100 valence electrons. The van der Waals surface area contributed by atoms with E-state index in [2.05, 4.69) is 0 Å². The minimum atomic E-state index is -4.83. The number of halogens is 4. The van der Waals surface area contributed by atoms with Crippen molar-refractivity contribution in [2.24, 2.45) is 5.73 Å². The highest BCUT2D eigenvalue weighted by molar-refractivity contribution is 5.74. The minimum absolute atomic E-state index is 0.0265. The number of hydrogen-bond acceptors (Lipinski definition) is 2. The van der Waals surface area contributed by atoms with Crippen molar-refractivity contribution >= 4 is 5.97 Å². The van der Waals surface area contributed by atoms with Gasteiger partial charge >= 0.3 is 12.1 Å². The molecule has 18 heavy (non-hydrogen) atoms. The van der Waals surface area contributed by atoms with Gasteiger partial charge in [-0.15, -0.1) is 0 Å². The Morgan fingerprint density at radius 2 is 1.94 bits per heavy atom. The fourth-order valence-electron chi connectivity index (χ4n) is 1.46. The van der Waals surface area contributed by atoms with Gasteiger partial charge in [-0.25, -0.2) is 4.39 Å². The summed E-state index contributed by atoms with van der Waals surface area (Å²) in [4.78, 5) is 10.6. The molecular formula is C11H11F4NO2. The van der Waals surface area contributed by atoms with Crippen molar-refractivity contribution < 1.29 is 27.5 Å². The molecule has 0 aliphatic carbocycles. The lowest BCUT2D eigenvalue weighted by molar-refractivity contribution is -0.140. The van der Waals surface area contributed by atoms with Crippen molar-refractivity contribution in [2.75, 3.05) is 0 Å². The van der Waals surface area contributed by atoms with Crippen molar-refractivity contribution in [3.8, 4) is 0 Å². The first-order valence-corrected chi connectivity index (χ1v) is 4.99. The second-order valence-electron chi connectivity index (χ2n) is 3.89. The molecule has 0 aliphatic rings. The zero-order valence-electron chi connectivity index (χ0n) is 9.33. The van der Waals surface area contributed by atoms with Crippen LogP contribution in [0.1, 0.15) is 24.0 Å². The van der Waals surface area contributed by atoms with Crippen molar-refractivity contribution in [3.63, 3.8) is 0 Å². The number of rotatable bonds is 3. The van der Waals surface area contributed by atoms with E-state index in [1.165, 1.54) is 6.92 Å². The molecule has 3 N–H and O–H groups in total. The predicted octanol–water partition coefficient (Wildman–Crippen LogP) is 2.36. The molecule has 0 heterocycles. The fourth-order valence-corrected chi connectivity index (χ4v) is 1.46. The summed E-state index contributed by atoms with van der Waals surface area (Å²) in [6.07, 6.45) is -4.83. The molecule has 3 nitrogen and oxygen atoms in total. The SMILES string of the molecule is CC(c1ccc(F)c(C(F)(F)F)c1)C(N)C(=O)O. The number of carboxylic acids is 1. The highest BCUT2D eigenvalue weighted by Crippen LogP contribution is 2.33. The fraction of sp³-hybridized carbons (Fsp3) is 0.364. The zero-order chi connectivity index (χ0) is 14.1. The maximum atomic E-state index is 13.0. The monoisotopic (exact) mass is 265 g/mol. The van der Waals surface area contributed by atoms with Crippen molar-refractivity contribution in [1.82, 2.24) is 0 Å². The summed E-state index contributed by atoms with van der Waals surface area (Å²) in [5, 5.41) is 8.68. The molecule has 1 aromatic rings. The number of carbonyl (C=O) groups is 1. The molecule has 0 aliphatic heterocycles. The van der Waals surface area contributed by atoms with E-state index in [-0.39, 0.29) is 5.56 Å². The van der Waals surface area contributed by atoms with Crippen LogP contribution < -0.4 is 5.73 Å². The van der Waals surface area contributed by atoms with Crippen molar-refractivity contribution in [2.45, 2.75) is 25.1 Å². The van der Waals surface area contributed by atoms with E-state index in [1.807, 2.05) is 0 Å². The van der Waals surface area contributed by atoms with Gasteiger partial charge in [0.15, 0.2) is 0 Å². The van der Waals surface area contributed by atoms with E-state index < -0.39 is 35.5 Å². The first kappa shape index (κ1) is 14.4. The second-order valence-corrected chi connectivity index (χ2v) is 3.89. The average molecular weight is 265 g/mol. The van der Waals surface area contributed by atoms with Crippen LogP contribution in [-0.2, 0) is 11.0 Å². The average Bonchev–Trinajstić information content (AvgIpc) is 2.26. The lowest BCUT2D eigenvalue weighted by Gasteiger charge is -2.18. The van der Waals surface area contributed by atoms with E-state index in [0.717, 1.165) is 6.07 Å². The summed E-state index contributed by atoms with van der Waals surface area (Å²) in [6.45, 7) is 1.37. The summed E-state index contributed by atoms with van der Waals surface area (Å²) in [5.41, 5.74) is 3.91. The molecule has 0 fully saturated rings. The smallest absolute Gasteiger partial charge is 0.419 e. The van der Waals surface area contributed by atoms with E-state index >= 15 is 0 Å². The quantitative estimate of drug-likeness (QED) is 0.824. The highest BCUT2D eigenvalue weighted by atomic mass is 19.4. The van der Waals surface area contributed by atoms with Gasteiger partial charge in [-0.05, 0) is 17.7 Å². The number of alkyl halides is 3. The Hall–Kier alpha value is -1.63. The van der Waals surface area contributed by atoms with Crippen LogP contribution in [0.15, 0.2) is 18.2 Å². The molecule has 0 spiro atoms. The maximum Gasteiger partial charge on any atom is 0.419 e. The number of nitrogens with two attached hydrogens (primary N) is 1. The minimum Gasteiger partial charge on any atom is -0.480 e. The van der Waals surface area contributed by atoms with Crippen LogP contribution in [0, 0.1) is 5.82 Å². The van der Waals surface area contributed by atoms with Gasteiger partial charge in [-0.2, -0.15) is 13.2 Å². The molecule has 0 saturated heterocycles. The topological polar surface area (TPSA) is 63.3 Å². The summed E-state index contributed by atoms with van der Waals surface area (Å²) in [5.74, 6) is -3.59. The summed E-state index contributed by atoms with van der Waals surface area (Å²) in [7, 11) is 0. The number of benzene rings is 1. The van der Waals surface area contributed by atoms with Crippen LogP contribution >= 0.6 is 0 Å². The Bertz CT molecular complexity index is 459. The van der Waals surface area contributed by atoms with E-state index in [9.17, 15) is 22.4 Å². The third-order valence-electron chi connectivity index (χ3n) is 2.65. The molecule has 0 radical (unpaired) electrons. The molecule has 1 aromatic carbocycles. The van der Waals surface area contributed by atoms with Gasteiger partial charge in [0.1, 0.15) is 11.9 Å². The van der Waals surface area contributed by atoms with Crippen LogP contribution in [0.25, 0.3) is 0 Å². The zero-order valence-corrected chi connectivity index (χ0v) is 9.33. The Balaban J connectivity index is 3.17. The molecule has 1 rings (SSSR count). The lowest BCUT2D eigenvalue weighted by atomic mass is 9.92. The first-order valence-electron chi connectivity index (χ1n) is 4.99. The van der Waals surface area contributed by atoms with E-state index in [1.54, 1.807) is 0 Å². The Morgan fingerprint density at radius 3 is 2.39 bits per heavy atom. The largest absolute Gasteiger partial charge is 0.480 e. The number of aliphatic carboxylic acids is 1. The summed E-state index contributed by atoms with van der Waals surface area (Å²) < 4.78 is 50.4. The lowest BCUT2D eigenvalue weighted by Crippen LogP contribution is -2.35. The normalized spacial score (nSPS) is 15.2. The molecular weight excluding hydrogens is 254 g/mol. The van der Waals surface area contributed by atoms with Gasteiger partial charge in [0.05, 0.1) is 5.56 Å². The van der Waals surface area contributed by atoms with Crippen LogP contribution in [0.2, 0.25) is 0 Å². The number of carboxylic acid groups (broad SMARTS) is 1. The van der Waals surface area contributed by atoms with Gasteiger partial charge < -0.3 is 10.8 Å². The van der Waals surface area contributed by atoms with Gasteiger partial charge in [-0.3, -0.25) is 4.79 Å². The van der Waals surface area contributed by atoms with Gasteiger partial charge in [-0.1, -0.05) is 13.0 Å². The summed E-state index contributed by atoms with van der Waals surface area (Å²) >= 11 is 0. The van der Waals surface area contributed by atoms with Crippen molar-refractivity contribution in [3.05, 3.63) is 35.1 Å². The second kappa shape index (κ2) is 4.93. The molecule has 2 atom stereocenters. The Labute approximate surface area is 100 Å². The van der Waals surface area contributed by atoms with Gasteiger partial charge in [0, 0.05) is 5.92 Å². The Kier molecular flexibility index (Phi) is 3.95. The molecule has 0 saturated carbocycles. The standard InChI is InChI=1S/C11H11F4NO2/c1-5(9(16)10(17)18)6-2-3-8(12)7(4-6)11(13,14)15/h2-5,9H,16H2,1H3,(H,17,18). The molecule has 0 aromatic heterocycles. The Morgan fingerprint density at radius 1 is 1.39 bits per heavy atom. The third kappa shape index (κ3) is 2.98. The molecule has 0 bridgehead atoms.